The van der Waals surface area contributed by atoms with Gasteiger partial charge in [-0.1, -0.05) is 19.3 Å². The Labute approximate surface area is 208 Å². The first-order valence-corrected chi connectivity index (χ1v) is 19.2. The Morgan fingerprint density at radius 1 is 0.613 bits per heavy atom. The zero-order chi connectivity index (χ0) is 20.3. The number of benzene rings is 1. The molecule has 0 atom stereocenters. The van der Waals surface area contributed by atoms with Crippen molar-refractivity contribution >= 4 is 31.9 Å². The van der Waals surface area contributed by atoms with Crippen LogP contribution in [0, 0.1) is 14.9 Å². The van der Waals surface area contributed by atoms with Crippen LogP contribution in [0.4, 0.5) is 0 Å². The van der Waals surface area contributed by atoms with E-state index in [0.29, 0.717) is 0 Å². The Balaban J connectivity index is 0.000000345. The van der Waals surface area contributed by atoms with E-state index in [1.165, 1.54) is 17.0 Å². The second-order valence-corrected chi connectivity index (χ2v) is 18.4. The third-order valence-corrected chi connectivity index (χ3v) is 13.7. The monoisotopic (exact) mass is 573 g/mol. The van der Waals surface area contributed by atoms with E-state index in [1.54, 1.807) is 96.3 Å². The van der Waals surface area contributed by atoms with Crippen molar-refractivity contribution < 1.29 is 13.5 Å². The molecule has 3 aliphatic carbocycles. The fourth-order valence-electron chi connectivity index (χ4n) is 5.92. The van der Waals surface area contributed by atoms with Crippen molar-refractivity contribution in [2.24, 2.45) is 0 Å². The van der Waals surface area contributed by atoms with Gasteiger partial charge in [0, 0.05) is 22.8 Å². The molecule has 0 unspecified atom stereocenters. The van der Waals surface area contributed by atoms with E-state index in [0.717, 1.165) is 5.56 Å². The first-order chi connectivity index (χ1) is 14.2. The van der Waals surface area contributed by atoms with Crippen molar-refractivity contribution in [2.45, 2.75) is 113 Å². The van der Waals surface area contributed by atoms with Crippen LogP contribution in [0.3, 0.4) is 0 Å². The molecule has 0 aliphatic heterocycles. The van der Waals surface area contributed by atoms with Crippen molar-refractivity contribution in [3.05, 3.63) is 50.7 Å². The predicted molar refractivity (Wildman–Crippen MR) is 145 cm³/mol. The Kier molecular flexibility index (Phi) is 16.2. The van der Waals surface area contributed by atoms with Gasteiger partial charge in [-0.2, -0.15) is 0 Å². The summed E-state index contributed by atoms with van der Waals surface area (Å²) in [5.41, 5.74) is 4.80. The number of hydrogen-bond acceptors (Lipinski definition) is 0. The number of rotatable bonds is 4. The molecule has 1 aromatic carbocycles. The first kappa shape index (κ1) is 29.5. The van der Waals surface area contributed by atoms with Crippen molar-refractivity contribution in [2.75, 3.05) is 0 Å². The molecule has 178 valence electrons. The number of halogens is 2. The number of hydrogen-bond donors (Lipinski definition) is 0. The standard InChI is InChI=1S/C18H33P.C7H6.2CH3.2ClH.Ru/c1-4-10-16(11-5-1)19(17-12-6-2-7-13-17)18-14-8-3-9-15-18;1-7-5-3-2-4-6-7;;;;;/h16-18H,1-15H2;1-6H;2*1H3;2*1H;/q;;2*+1;;;+2/p-1. The van der Waals surface area contributed by atoms with Gasteiger partial charge in [0.15, 0.2) is 0 Å². The minimum absolute atomic E-state index is 0. The molecular weight excluding hydrogens is 527 g/mol. The summed E-state index contributed by atoms with van der Waals surface area (Å²) in [6.45, 7) is 0. The fraction of sp³-hybridized carbons (Fsp3) is 0.667. The van der Waals surface area contributed by atoms with E-state index in [2.05, 4.69) is 0 Å². The molecule has 0 amide bonds. The van der Waals surface area contributed by atoms with Crippen LogP contribution < -0.4 is 0 Å². The summed E-state index contributed by atoms with van der Waals surface area (Å²) in [7, 11) is 11.3. The van der Waals surface area contributed by atoms with Gasteiger partial charge in [0.05, 0.1) is 17.0 Å². The quantitative estimate of drug-likeness (QED) is 0.191. The van der Waals surface area contributed by atoms with E-state index in [4.69, 9.17) is 19.4 Å². The van der Waals surface area contributed by atoms with Crippen molar-refractivity contribution in [1.82, 2.24) is 0 Å². The van der Waals surface area contributed by atoms with Crippen LogP contribution >= 0.6 is 27.3 Å². The summed E-state index contributed by atoms with van der Waals surface area (Å²) in [6, 6.07) is 9.89. The molecule has 0 spiro atoms. The molecule has 0 N–H and O–H groups in total. The van der Waals surface area contributed by atoms with Gasteiger partial charge in [-0.05, 0) is 77.0 Å². The van der Waals surface area contributed by atoms with Crippen LogP contribution in [0.25, 0.3) is 0 Å². The van der Waals surface area contributed by atoms with Crippen LogP contribution in [-0.4, -0.2) is 21.6 Å². The predicted octanol–water partition coefficient (Wildman–Crippen LogP) is 9.86. The third kappa shape index (κ3) is 10.5. The third-order valence-electron chi connectivity index (χ3n) is 7.22. The molecule has 31 heavy (non-hydrogen) atoms. The summed E-state index contributed by atoms with van der Waals surface area (Å²) in [4.78, 5) is 0. The van der Waals surface area contributed by atoms with Crippen LogP contribution in [0.15, 0.2) is 30.3 Å². The molecule has 0 bridgehead atoms. The molecule has 3 fully saturated rings. The Morgan fingerprint density at radius 3 is 1.29 bits per heavy atom. The summed E-state index contributed by atoms with van der Waals surface area (Å²) >= 11 is -1.61. The van der Waals surface area contributed by atoms with Crippen LogP contribution in [0.2, 0.25) is 0 Å². The molecule has 3 aliphatic rings. The second kappa shape index (κ2) is 17.0. The molecule has 1 aromatic rings. The molecular formula is C27H46Cl2PRu+3. The van der Waals surface area contributed by atoms with Gasteiger partial charge in [0.25, 0.3) is 0 Å². The van der Waals surface area contributed by atoms with E-state index in [1.807, 2.05) is 34.9 Å². The zero-order valence-corrected chi connectivity index (χ0v) is 24.2. The van der Waals surface area contributed by atoms with E-state index >= 15 is 0 Å². The minimum atomic E-state index is -1.61. The SMILES string of the molecule is C1CCC([PH+](C2CCCCC2)C2CCCCC2)CC1.[CH3+].[CH3+].[Cl][Ru]([Cl])=[CH]c1ccccc1. The average Bonchev–Trinajstić information content (AvgIpc) is 2.77. The molecule has 0 radical (unpaired) electrons. The van der Waals surface area contributed by atoms with Crippen molar-refractivity contribution in [3.63, 3.8) is 0 Å². The van der Waals surface area contributed by atoms with E-state index in [-0.39, 0.29) is 22.8 Å². The molecule has 3 saturated carbocycles. The fourth-order valence-corrected chi connectivity index (χ4v) is 13.0. The van der Waals surface area contributed by atoms with Crippen molar-refractivity contribution in [3.8, 4) is 0 Å². The van der Waals surface area contributed by atoms with Crippen LogP contribution in [-0.2, 0) is 13.5 Å². The normalized spacial score (nSPS) is 21.2. The summed E-state index contributed by atoms with van der Waals surface area (Å²) in [5, 5.41) is 0. The Morgan fingerprint density at radius 2 is 0.968 bits per heavy atom. The van der Waals surface area contributed by atoms with Crippen LogP contribution in [0.1, 0.15) is 102 Å². The van der Waals surface area contributed by atoms with E-state index < -0.39 is 13.5 Å². The molecule has 0 heterocycles. The van der Waals surface area contributed by atoms with Gasteiger partial charge >= 0.3 is 73.4 Å². The first-order valence-electron chi connectivity index (χ1n) is 12.0. The van der Waals surface area contributed by atoms with Gasteiger partial charge in [0.1, 0.15) is 0 Å². The van der Waals surface area contributed by atoms with Gasteiger partial charge in [-0.3, -0.25) is 0 Å². The maximum absolute atomic E-state index is 5.67. The summed E-state index contributed by atoms with van der Waals surface area (Å²) in [5.74, 6) is 0. The van der Waals surface area contributed by atoms with Crippen LogP contribution in [0.5, 0.6) is 0 Å². The molecule has 4 heteroatoms. The Hall–Kier alpha value is 0.463. The molecule has 4 rings (SSSR count). The topological polar surface area (TPSA) is 0 Å². The molecule has 0 saturated heterocycles. The van der Waals surface area contributed by atoms with Gasteiger partial charge in [-0.25, -0.2) is 0 Å². The maximum atomic E-state index is 5.67. The summed E-state index contributed by atoms with van der Waals surface area (Å²) in [6.07, 6.45) is 23.8. The summed E-state index contributed by atoms with van der Waals surface area (Å²) < 4.78 is 1.92. The Bertz CT molecular complexity index is 542. The van der Waals surface area contributed by atoms with Crippen molar-refractivity contribution in [1.29, 1.82) is 0 Å². The zero-order valence-electron chi connectivity index (χ0n) is 19.9. The van der Waals surface area contributed by atoms with Gasteiger partial charge in [0.2, 0.25) is 0 Å². The van der Waals surface area contributed by atoms with Gasteiger partial charge in [-0.15, -0.1) is 0 Å². The van der Waals surface area contributed by atoms with Gasteiger partial charge < -0.3 is 0 Å². The second-order valence-electron chi connectivity index (χ2n) is 9.22. The molecule has 0 nitrogen and oxygen atoms in total. The average molecular weight is 574 g/mol. The van der Waals surface area contributed by atoms with E-state index in [9.17, 15) is 0 Å². The molecule has 0 aromatic heterocycles.